The molecule has 0 bridgehead atoms. The van der Waals surface area contributed by atoms with Crippen LogP contribution in [0, 0.1) is 11.8 Å². The van der Waals surface area contributed by atoms with E-state index in [0.29, 0.717) is 5.92 Å². The third-order valence-electron chi connectivity index (χ3n) is 4.97. The van der Waals surface area contributed by atoms with Crippen molar-refractivity contribution >= 4 is 18.9 Å². The number of hydrogen-bond donors (Lipinski definition) is 2. The molecular weight excluding hydrogens is 307 g/mol. The van der Waals surface area contributed by atoms with Crippen LogP contribution in [-0.2, 0) is 18.9 Å². The number of primary amides is 1. The van der Waals surface area contributed by atoms with E-state index in [4.69, 9.17) is 15.0 Å². The lowest BCUT2D eigenvalue weighted by molar-refractivity contribution is -0.126. The van der Waals surface area contributed by atoms with E-state index in [0.717, 1.165) is 12.8 Å². The number of rotatable bonds is 8. The zero-order valence-corrected chi connectivity index (χ0v) is 16.1. The summed E-state index contributed by atoms with van der Waals surface area (Å²) in [6.45, 7) is 13.9. The molecule has 2 atom stereocenters. The van der Waals surface area contributed by atoms with Crippen molar-refractivity contribution in [3.05, 3.63) is 0 Å². The molecule has 1 heterocycles. The van der Waals surface area contributed by atoms with E-state index in [9.17, 15) is 9.59 Å². The molecule has 1 aliphatic heterocycles. The van der Waals surface area contributed by atoms with Gasteiger partial charge in [0, 0.05) is 12.3 Å². The van der Waals surface area contributed by atoms with Crippen LogP contribution in [0.2, 0.25) is 0 Å². The summed E-state index contributed by atoms with van der Waals surface area (Å²) < 4.78 is 12.0. The number of carbonyl (C=O) groups excluding carboxylic acids is 2. The number of nitrogens with one attached hydrogen (secondary N) is 1. The minimum absolute atomic E-state index is 0.0132. The average Bonchev–Trinajstić information content (AvgIpc) is 2.63. The molecule has 1 unspecified atom stereocenters. The van der Waals surface area contributed by atoms with Crippen molar-refractivity contribution in [2.24, 2.45) is 17.6 Å². The van der Waals surface area contributed by atoms with E-state index in [1.54, 1.807) is 0 Å². The molecule has 0 aromatic heterocycles. The Bertz CT molecular complexity index is 450. The van der Waals surface area contributed by atoms with Gasteiger partial charge in [-0.05, 0) is 46.5 Å². The normalized spacial score (nSPS) is 21.6. The highest BCUT2D eigenvalue weighted by Gasteiger charge is 2.54. The molecule has 0 radical (unpaired) electrons. The fourth-order valence-corrected chi connectivity index (χ4v) is 2.81. The van der Waals surface area contributed by atoms with Gasteiger partial charge in [-0.25, -0.2) is 0 Å². The van der Waals surface area contributed by atoms with Crippen LogP contribution >= 0.6 is 0 Å². The first kappa shape index (κ1) is 21.0. The third kappa shape index (κ3) is 5.21. The van der Waals surface area contributed by atoms with Gasteiger partial charge >= 0.3 is 7.12 Å². The lowest BCUT2D eigenvalue weighted by Crippen LogP contribution is -2.51. The topological polar surface area (TPSA) is 90.7 Å². The van der Waals surface area contributed by atoms with Crippen molar-refractivity contribution in [2.45, 2.75) is 84.9 Å². The van der Waals surface area contributed by atoms with Crippen LogP contribution in [0.25, 0.3) is 0 Å². The van der Waals surface area contributed by atoms with Crippen LogP contribution in [0.1, 0.15) is 67.7 Å². The second kappa shape index (κ2) is 7.87. The molecular formula is C17H33BN2O4. The van der Waals surface area contributed by atoms with Gasteiger partial charge in [0.05, 0.1) is 17.1 Å². The van der Waals surface area contributed by atoms with Gasteiger partial charge in [0.2, 0.25) is 11.8 Å². The van der Waals surface area contributed by atoms with Crippen molar-refractivity contribution in [2.75, 3.05) is 0 Å². The number of hydrogen-bond acceptors (Lipinski definition) is 4. The summed E-state index contributed by atoms with van der Waals surface area (Å²) in [6.07, 6.45) is 1.53. The van der Waals surface area contributed by atoms with E-state index >= 15 is 0 Å². The first-order valence-electron chi connectivity index (χ1n) is 8.84. The predicted molar refractivity (Wildman–Crippen MR) is 95.1 cm³/mol. The Morgan fingerprint density at radius 1 is 1.12 bits per heavy atom. The van der Waals surface area contributed by atoms with Gasteiger partial charge in [-0.1, -0.05) is 20.8 Å². The molecule has 1 rings (SSSR count). The molecule has 1 saturated heterocycles. The van der Waals surface area contributed by atoms with E-state index in [-0.39, 0.29) is 18.2 Å². The van der Waals surface area contributed by atoms with Crippen LogP contribution in [0.4, 0.5) is 0 Å². The summed E-state index contributed by atoms with van der Waals surface area (Å²) in [5, 5.41) is 2.93. The zero-order valence-electron chi connectivity index (χ0n) is 16.1. The first-order valence-corrected chi connectivity index (χ1v) is 8.84. The van der Waals surface area contributed by atoms with Gasteiger partial charge in [-0.2, -0.15) is 0 Å². The summed E-state index contributed by atoms with van der Waals surface area (Å²) in [5.41, 5.74) is 4.31. The quantitative estimate of drug-likeness (QED) is 0.662. The highest BCUT2D eigenvalue weighted by molar-refractivity contribution is 6.48. The van der Waals surface area contributed by atoms with Crippen LogP contribution in [0.3, 0.4) is 0 Å². The monoisotopic (exact) mass is 340 g/mol. The highest BCUT2D eigenvalue weighted by atomic mass is 16.7. The Labute approximate surface area is 146 Å². The average molecular weight is 340 g/mol. The van der Waals surface area contributed by atoms with Crippen molar-refractivity contribution in [1.82, 2.24) is 5.32 Å². The minimum atomic E-state index is -0.692. The van der Waals surface area contributed by atoms with Gasteiger partial charge in [0.1, 0.15) is 0 Å². The van der Waals surface area contributed by atoms with Crippen LogP contribution in [0.15, 0.2) is 0 Å². The SMILES string of the molecule is CCC(CC(C)C)C(=O)N[C@H](CC(N)=O)B1OC(C)(C)C(C)(C)O1. The maximum Gasteiger partial charge on any atom is 0.482 e. The van der Waals surface area contributed by atoms with E-state index < -0.39 is 30.2 Å². The maximum absolute atomic E-state index is 12.6. The highest BCUT2D eigenvalue weighted by Crippen LogP contribution is 2.37. The van der Waals surface area contributed by atoms with Crippen molar-refractivity contribution in [3.63, 3.8) is 0 Å². The van der Waals surface area contributed by atoms with Crippen LogP contribution < -0.4 is 11.1 Å². The predicted octanol–water partition coefficient (Wildman–Crippen LogP) is 2.05. The molecule has 24 heavy (non-hydrogen) atoms. The molecule has 1 fully saturated rings. The standard InChI is InChI=1S/C17H33BN2O4/c1-8-12(9-11(2)3)15(22)20-13(10-14(19)21)18-23-16(4,5)17(6,7)24-18/h11-13H,8-10H2,1-7H3,(H2,19,21)(H,20,22)/t12?,13-/m1/s1. The molecule has 7 heteroatoms. The van der Waals surface area contributed by atoms with E-state index in [1.165, 1.54) is 0 Å². The Kier molecular flexibility index (Phi) is 6.88. The molecule has 2 amide bonds. The number of carbonyl (C=O) groups is 2. The third-order valence-corrected chi connectivity index (χ3v) is 4.97. The van der Waals surface area contributed by atoms with Gasteiger partial charge in [0.15, 0.2) is 0 Å². The van der Waals surface area contributed by atoms with Gasteiger partial charge in [0.25, 0.3) is 0 Å². The second-order valence-corrected chi connectivity index (χ2v) is 8.14. The largest absolute Gasteiger partial charge is 0.482 e. The fraction of sp³-hybridized carbons (Fsp3) is 0.882. The molecule has 0 spiro atoms. The maximum atomic E-state index is 12.6. The Morgan fingerprint density at radius 3 is 2.00 bits per heavy atom. The molecule has 6 nitrogen and oxygen atoms in total. The molecule has 3 N–H and O–H groups in total. The number of nitrogens with two attached hydrogens (primary N) is 1. The van der Waals surface area contributed by atoms with Crippen molar-refractivity contribution in [3.8, 4) is 0 Å². The summed E-state index contributed by atoms with van der Waals surface area (Å²) >= 11 is 0. The summed E-state index contributed by atoms with van der Waals surface area (Å²) in [4.78, 5) is 24.1. The van der Waals surface area contributed by atoms with Gasteiger partial charge < -0.3 is 20.4 Å². The Hall–Kier alpha value is -1.08. The van der Waals surface area contributed by atoms with Gasteiger partial charge in [-0.3, -0.25) is 9.59 Å². The van der Waals surface area contributed by atoms with Gasteiger partial charge in [-0.15, -0.1) is 0 Å². The zero-order chi connectivity index (χ0) is 18.7. The van der Waals surface area contributed by atoms with E-state index in [2.05, 4.69) is 19.2 Å². The minimum Gasteiger partial charge on any atom is -0.402 e. The van der Waals surface area contributed by atoms with Crippen LogP contribution in [-0.4, -0.2) is 36.1 Å². The van der Waals surface area contributed by atoms with Crippen LogP contribution in [0.5, 0.6) is 0 Å². The number of amides is 2. The molecule has 0 aliphatic carbocycles. The Morgan fingerprint density at radius 2 is 1.62 bits per heavy atom. The molecule has 0 aromatic rings. The lowest BCUT2D eigenvalue weighted by atomic mass is 9.75. The van der Waals surface area contributed by atoms with Crippen molar-refractivity contribution < 1.29 is 18.9 Å². The summed E-state index contributed by atoms with van der Waals surface area (Å²) in [6, 6.07) is 0. The lowest BCUT2D eigenvalue weighted by Gasteiger charge is -2.32. The first-order chi connectivity index (χ1) is 10.9. The smallest absolute Gasteiger partial charge is 0.402 e. The molecule has 0 saturated carbocycles. The molecule has 0 aromatic carbocycles. The Balaban J connectivity index is 2.87. The molecule has 1 aliphatic rings. The second-order valence-electron chi connectivity index (χ2n) is 8.14. The van der Waals surface area contributed by atoms with E-state index in [1.807, 2.05) is 34.6 Å². The molecule has 138 valence electrons. The van der Waals surface area contributed by atoms with Crippen molar-refractivity contribution in [1.29, 1.82) is 0 Å². The summed E-state index contributed by atoms with van der Waals surface area (Å²) in [5.74, 6) is -0.828. The summed E-state index contributed by atoms with van der Waals surface area (Å²) in [7, 11) is -0.692. The fourth-order valence-electron chi connectivity index (χ4n) is 2.81.